The molecule has 1 atom stereocenters. The van der Waals surface area contributed by atoms with Crippen molar-refractivity contribution in [2.45, 2.75) is 56.9 Å². The van der Waals surface area contributed by atoms with Crippen LogP contribution in [-0.2, 0) is 35.4 Å². The Labute approximate surface area is 201 Å². The van der Waals surface area contributed by atoms with Gasteiger partial charge in [0.05, 0.1) is 22.1 Å². The van der Waals surface area contributed by atoms with Gasteiger partial charge in [-0.2, -0.15) is 13.2 Å². The lowest BCUT2D eigenvalue weighted by molar-refractivity contribution is -0.176. The smallest absolute Gasteiger partial charge is 0.411 e. The van der Waals surface area contributed by atoms with Crippen molar-refractivity contribution in [1.29, 1.82) is 0 Å². The van der Waals surface area contributed by atoms with Gasteiger partial charge in [0, 0.05) is 30.9 Å². The van der Waals surface area contributed by atoms with Gasteiger partial charge in [-0.15, -0.1) is 0 Å². The van der Waals surface area contributed by atoms with Gasteiger partial charge in [-0.1, -0.05) is 25.4 Å². The monoisotopic (exact) mass is 526 g/mol. The summed E-state index contributed by atoms with van der Waals surface area (Å²) in [5.74, 6) is -0.830. The highest BCUT2D eigenvalue weighted by atomic mass is 35.5. The van der Waals surface area contributed by atoms with Crippen LogP contribution in [-0.4, -0.2) is 51.9 Å². The molecule has 1 aromatic carbocycles. The van der Waals surface area contributed by atoms with Crippen molar-refractivity contribution in [3.05, 3.63) is 40.1 Å². The van der Waals surface area contributed by atoms with Gasteiger partial charge in [0.25, 0.3) is 0 Å². The number of esters is 1. The SMILES string of the molecule is CC(C)CCOC1CCC(OC(=O)c2ccc(S(C)(=O)=O)c(COCC(F)(F)F)c2Cl)=CC1=O. The molecule has 12 heteroatoms. The lowest BCUT2D eigenvalue weighted by Crippen LogP contribution is -2.28. The van der Waals surface area contributed by atoms with Crippen LogP contribution in [0.5, 0.6) is 0 Å². The highest BCUT2D eigenvalue weighted by molar-refractivity contribution is 7.90. The molecule has 0 heterocycles. The summed E-state index contributed by atoms with van der Waals surface area (Å²) in [5, 5.41) is -0.410. The van der Waals surface area contributed by atoms with Crippen LogP contribution < -0.4 is 0 Å². The first-order chi connectivity index (χ1) is 15.7. The Kier molecular flexibility index (Phi) is 9.70. The Morgan fingerprint density at radius 3 is 2.50 bits per heavy atom. The third kappa shape index (κ3) is 8.37. The Morgan fingerprint density at radius 2 is 1.94 bits per heavy atom. The number of hydrogen-bond acceptors (Lipinski definition) is 7. The van der Waals surface area contributed by atoms with E-state index < -0.39 is 46.3 Å². The number of hydrogen-bond donors (Lipinski definition) is 0. The molecule has 34 heavy (non-hydrogen) atoms. The summed E-state index contributed by atoms with van der Waals surface area (Å²) in [4.78, 5) is 24.6. The standard InChI is InChI=1S/C22H26ClF3O7S/c1-13(2)8-9-32-18-6-4-14(10-17(18)27)33-21(28)15-5-7-19(34(3,29)30)16(20(15)23)11-31-12-22(24,25)26/h5,7,10,13,18H,4,6,8-9,11-12H2,1-3H3. The number of rotatable bonds is 10. The third-order valence-electron chi connectivity index (χ3n) is 4.84. The first-order valence-corrected chi connectivity index (χ1v) is 12.7. The molecule has 2 rings (SSSR count). The molecule has 0 amide bonds. The minimum absolute atomic E-state index is 0.0804. The molecule has 0 bridgehead atoms. The van der Waals surface area contributed by atoms with Crippen LogP contribution in [0.2, 0.25) is 5.02 Å². The van der Waals surface area contributed by atoms with Gasteiger partial charge in [-0.25, -0.2) is 13.2 Å². The first-order valence-electron chi connectivity index (χ1n) is 10.4. The number of carbonyl (C=O) groups excluding carboxylic acids is 2. The van der Waals surface area contributed by atoms with Crippen LogP contribution >= 0.6 is 11.6 Å². The number of ketones is 1. The lowest BCUT2D eigenvalue weighted by Gasteiger charge is -2.21. The van der Waals surface area contributed by atoms with E-state index in [1.54, 1.807) is 0 Å². The van der Waals surface area contributed by atoms with Gasteiger partial charge in [0.2, 0.25) is 0 Å². The van der Waals surface area contributed by atoms with E-state index in [4.69, 9.17) is 21.1 Å². The molecule has 0 N–H and O–H groups in total. The van der Waals surface area contributed by atoms with Crippen molar-refractivity contribution < 1.29 is 45.4 Å². The van der Waals surface area contributed by atoms with E-state index in [9.17, 15) is 31.2 Å². The molecule has 1 unspecified atom stereocenters. The molecule has 0 aliphatic heterocycles. The highest BCUT2D eigenvalue weighted by Crippen LogP contribution is 2.31. The van der Waals surface area contributed by atoms with E-state index >= 15 is 0 Å². The zero-order valence-electron chi connectivity index (χ0n) is 18.9. The molecule has 0 fully saturated rings. The minimum atomic E-state index is -4.63. The second-order valence-electron chi connectivity index (χ2n) is 8.27. The summed E-state index contributed by atoms with van der Waals surface area (Å²) in [6.07, 6.45) is -1.90. The summed E-state index contributed by atoms with van der Waals surface area (Å²) in [5.41, 5.74) is -0.571. The fraction of sp³-hybridized carbons (Fsp3) is 0.545. The van der Waals surface area contributed by atoms with Crippen LogP contribution in [0.25, 0.3) is 0 Å². The summed E-state index contributed by atoms with van der Waals surface area (Å²) in [6.45, 7) is 2.07. The molecule has 0 spiro atoms. The van der Waals surface area contributed by atoms with Crippen molar-refractivity contribution in [2.75, 3.05) is 19.5 Å². The predicted molar refractivity (Wildman–Crippen MR) is 117 cm³/mol. The second-order valence-corrected chi connectivity index (χ2v) is 10.6. The van der Waals surface area contributed by atoms with Crippen molar-refractivity contribution in [3.63, 3.8) is 0 Å². The Balaban J connectivity index is 2.18. The number of allylic oxidation sites excluding steroid dienone is 1. The van der Waals surface area contributed by atoms with Crippen LogP contribution in [0.3, 0.4) is 0 Å². The largest absolute Gasteiger partial charge is 0.427 e. The van der Waals surface area contributed by atoms with Crippen molar-refractivity contribution in [1.82, 2.24) is 0 Å². The summed E-state index contributed by atoms with van der Waals surface area (Å²) in [6, 6.07) is 2.14. The number of halogens is 4. The average molecular weight is 527 g/mol. The van der Waals surface area contributed by atoms with Crippen LogP contribution in [0, 0.1) is 5.92 Å². The Morgan fingerprint density at radius 1 is 1.26 bits per heavy atom. The van der Waals surface area contributed by atoms with Crippen LogP contribution in [0.4, 0.5) is 13.2 Å². The maximum atomic E-state index is 12.7. The van der Waals surface area contributed by atoms with Crippen molar-refractivity contribution in [2.24, 2.45) is 5.92 Å². The summed E-state index contributed by atoms with van der Waals surface area (Å²) in [7, 11) is -3.89. The van der Waals surface area contributed by atoms with Gasteiger partial charge < -0.3 is 14.2 Å². The van der Waals surface area contributed by atoms with Gasteiger partial charge in [0.1, 0.15) is 18.5 Å². The molecule has 1 aliphatic rings. The van der Waals surface area contributed by atoms with E-state index in [1.165, 1.54) is 0 Å². The second kappa shape index (κ2) is 11.7. The topological polar surface area (TPSA) is 96.0 Å². The maximum absolute atomic E-state index is 12.7. The van der Waals surface area contributed by atoms with E-state index in [0.29, 0.717) is 18.9 Å². The Hall–Kier alpha value is -1.95. The normalized spacial score (nSPS) is 17.1. The fourth-order valence-electron chi connectivity index (χ4n) is 3.12. The molecule has 0 radical (unpaired) electrons. The van der Waals surface area contributed by atoms with E-state index in [1.807, 2.05) is 13.8 Å². The molecule has 1 aliphatic carbocycles. The molecular weight excluding hydrogens is 501 g/mol. The number of ether oxygens (including phenoxy) is 3. The molecule has 1 aromatic rings. The summed E-state index contributed by atoms with van der Waals surface area (Å²) < 4.78 is 76.7. The van der Waals surface area contributed by atoms with E-state index in [0.717, 1.165) is 30.9 Å². The summed E-state index contributed by atoms with van der Waals surface area (Å²) >= 11 is 6.18. The predicted octanol–water partition coefficient (Wildman–Crippen LogP) is 4.66. The third-order valence-corrected chi connectivity index (χ3v) is 6.46. The number of alkyl halides is 3. The first kappa shape index (κ1) is 28.3. The highest BCUT2D eigenvalue weighted by Gasteiger charge is 2.30. The zero-order valence-corrected chi connectivity index (χ0v) is 20.5. The fourth-order valence-corrected chi connectivity index (χ4v) is 4.39. The van der Waals surface area contributed by atoms with Gasteiger partial charge in [-0.3, -0.25) is 4.79 Å². The zero-order chi connectivity index (χ0) is 25.7. The van der Waals surface area contributed by atoms with Gasteiger partial charge >= 0.3 is 12.1 Å². The van der Waals surface area contributed by atoms with Gasteiger partial charge in [0.15, 0.2) is 15.6 Å². The average Bonchev–Trinajstić information content (AvgIpc) is 2.68. The maximum Gasteiger partial charge on any atom is 0.411 e. The lowest BCUT2D eigenvalue weighted by atomic mass is 10.0. The van der Waals surface area contributed by atoms with Crippen molar-refractivity contribution in [3.8, 4) is 0 Å². The number of sulfone groups is 1. The molecule has 0 saturated carbocycles. The molecule has 190 valence electrons. The molecular formula is C22H26ClF3O7S. The number of benzene rings is 1. The minimum Gasteiger partial charge on any atom is -0.427 e. The quantitative estimate of drug-likeness (QED) is 0.409. The number of carbonyl (C=O) groups is 2. The molecule has 0 saturated heterocycles. The molecule has 7 nitrogen and oxygen atoms in total. The van der Waals surface area contributed by atoms with Crippen LogP contribution in [0.15, 0.2) is 28.9 Å². The van der Waals surface area contributed by atoms with E-state index in [-0.39, 0.29) is 34.0 Å². The Bertz CT molecular complexity index is 1050. The van der Waals surface area contributed by atoms with Gasteiger partial charge in [-0.05, 0) is 30.9 Å². The van der Waals surface area contributed by atoms with Crippen LogP contribution in [0.1, 0.15) is 49.0 Å². The molecule has 0 aromatic heterocycles. The van der Waals surface area contributed by atoms with E-state index in [2.05, 4.69) is 4.74 Å². The van der Waals surface area contributed by atoms with Crippen molar-refractivity contribution >= 4 is 33.2 Å².